The molecule has 0 heterocycles. The molecule has 0 saturated carbocycles. The number of carbonyl (C=O) groups is 2. The van der Waals surface area contributed by atoms with Gasteiger partial charge in [0.25, 0.3) is 0 Å². The highest BCUT2D eigenvalue weighted by atomic mass is 16.6. The summed E-state index contributed by atoms with van der Waals surface area (Å²) < 4.78 is 4.65. The van der Waals surface area contributed by atoms with Gasteiger partial charge in [0, 0.05) is 0 Å². The van der Waals surface area contributed by atoms with Gasteiger partial charge >= 0.3 is 11.9 Å². The van der Waals surface area contributed by atoms with Crippen LogP contribution in [0.1, 0.15) is 18.4 Å². The summed E-state index contributed by atoms with van der Waals surface area (Å²) in [7, 11) is 0. The van der Waals surface area contributed by atoms with Crippen molar-refractivity contribution in [1.29, 1.82) is 0 Å². The first-order valence-electron chi connectivity index (χ1n) is 6.68. The van der Waals surface area contributed by atoms with Gasteiger partial charge in [-0.2, -0.15) is 0 Å². The third-order valence-electron chi connectivity index (χ3n) is 2.92. The van der Waals surface area contributed by atoms with Crippen LogP contribution in [0.5, 0.6) is 5.75 Å². The maximum absolute atomic E-state index is 11.7. The standard InChI is InChI=1S/C14H21N3O4/c15-7-1-2-11(16)13(19)21-14(20)12(17)8-9-3-5-10(18)6-4-9/h3-6,11-12,18H,1-2,7-8,15-17H2/t11-,12+/m1/s1. The van der Waals surface area contributed by atoms with E-state index in [4.69, 9.17) is 22.3 Å². The predicted molar refractivity (Wildman–Crippen MR) is 77.1 cm³/mol. The molecule has 0 radical (unpaired) electrons. The van der Waals surface area contributed by atoms with Crippen LogP contribution in [0.25, 0.3) is 0 Å². The first-order chi connectivity index (χ1) is 9.93. The van der Waals surface area contributed by atoms with Crippen molar-refractivity contribution >= 4 is 11.9 Å². The summed E-state index contributed by atoms with van der Waals surface area (Å²) in [4.78, 5) is 23.3. The molecule has 1 rings (SSSR count). The maximum Gasteiger partial charge on any atom is 0.330 e. The Morgan fingerprint density at radius 1 is 1.10 bits per heavy atom. The van der Waals surface area contributed by atoms with Crippen molar-refractivity contribution in [3.63, 3.8) is 0 Å². The number of esters is 2. The Morgan fingerprint density at radius 2 is 1.67 bits per heavy atom. The molecule has 2 atom stereocenters. The van der Waals surface area contributed by atoms with Gasteiger partial charge in [-0.05, 0) is 43.5 Å². The van der Waals surface area contributed by atoms with Crippen LogP contribution in [0.2, 0.25) is 0 Å². The number of hydrogen-bond donors (Lipinski definition) is 4. The zero-order valence-corrected chi connectivity index (χ0v) is 11.7. The molecule has 0 aliphatic rings. The number of nitrogens with two attached hydrogens (primary N) is 3. The topological polar surface area (TPSA) is 142 Å². The average molecular weight is 295 g/mol. The van der Waals surface area contributed by atoms with Crippen molar-refractivity contribution in [2.75, 3.05) is 6.54 Å². The molecule has 0 bridgehead atoms. The predicted octanol–water partition coefficient (Wildman–Crippen LogP) is -0.602. The summed E-state index contributed by atoms with van der Waals surface area (Å²) in [5.74, 6) is -1.50. The number of aromatic hydroxyl groups is 1. The fraction of sp³-hybridized carbons (Fsp3) is 0.429. The van der Waals surface area contributed by atoms with E-state index in [1.165, 1.54) is 12.1 Å². The van der Waals surface area contributed by atoms with E-state index in [0.29, 0.717) is 19.4 Å². The Hall–Kier alpha value is -1.96. The van der Waals surface area contributed by atoms with Crippen molar-refractivity contribution in [2.24, 2.45) is 17.2 Å². The van der Waals surface area contributed by atoms with E-state index in [1.54, 1.807) is 12.1 Å². The highest BCUT2D eigenvalue weighted by molar-refractivity contribution is 5.90. The quantitative estimate of drug-likeness (QED) is 0.388. The van der Waals surface area contributed by atoms with Gasteiger partial charge in [-0.15, -0.1) is 0 Å². The first-order valence-corrected chi connectivity index (χ1v) is 6.68. The third-order valence-corrected chi connectivity index (χ3v) is 2.92. The lowest BCUT2D eigenvalue weighted by Gasteiger charge is -2.13. The Morgan fingerprint density at radius 3 is 2.24 bits per heavy atom. The molecule has 116 valence electrons. The molecule has 0 aliphatic carbocycles. The minimum absolute atomic E-state index is 0.121. The zero-order valence-electron chi connectivity index (χ0n) is 11.7. The highest BCUT2D eigenvalue weighted by Gasteiger charge is 2.23. The Bertz CT molecular complexity index is 476. The second kappa shape index (κ2) is 8.35. The number of phenolic OH excluding ortho intramolecular Hbond substituents is 1. The molecule has 1 aromatic carbocycles. The second-order valence-corrected chi connectivity index (χ2v) is 4.75. The van der Waals surface area contributed by atoms with Gasteiger partial charge in [0.1, 0.15) is 17.8 Å². The molecule has 21 heavy (non-hydrogen) atoms. The number of phenols is 1. The molecule has 0 unspecified atom stereocenters. The van der Waals surface area contributed by atoms with Gasteiger partial charge in [0.2, 0.25) is 0 Å². The number of carbonyl (C=O) groups excluding carboxylic acids is 2. The molecule has 7 nitrogen and oxygen atoms in total. The summed E-state index contributed by atoms with van der Waals surface area (Å²) in [6.07, 6.45) is 1.13. The fourth-order valence-electron chi connectivity index (χ4n) is 1.68. The monoisotopic (exact) mass is 295 g/mol. The van der Waals surface area contributed by atoms with Crippen LogP contribution < -0.4 is 17.2 Å². The van der Waals surface area contributed by atoms with Crippen LogP contribution in [0.3, 0.4) is 0 Å². The van der Waals surface area contributed by atoms with Gasteiger partial charge in [0.05, 0.1) is 0 Å². The van der Waals surface area contributed by atoms with Crippen LogP contribution in [-0.4, -0.2) is 35.7 Å². The van der Waals surface area contributed by atoms with Crippen molar-refractivity contribution in [3.05, 3.63) is 29.8 Å². The van der Waals surface area contributed by atoms with E-state index in [2.05, 4.69) is 4.74 Å². The van der Waals surface area contributed by atoms with Crippen LogP contribution >= 0.6 is 0 Å². The number of hydrogen-bond acceptors (Lipinski definition) is 7. The zero-order chi connectivity index (χ0) is 15.8. The lowest BCUT2D eigenvalue weighted by Crippen LogP contribution is -2.40. The molecule has 1 aromatic rings. The molecule has 0 fully saturated rings. The van der Waals surface area contributed by atoms with E-state index in [9.17, 15) is 9.59 Å². The molecule has 0 amide bonds. The molecular formula is C14H21N3O4. The number of ether oxygens (including phenoxy) is 1. The third kappa shape index (κ3) is 5.90. The summed E-state index contributed by atoms with van der Waals surface area (Å²) in [6.45, 7) is 0.412. The molecule has 7 N–H and O–H groups in total. The summed E-state index contributed by atoms with van der Waals surface area (Å²) in [5, 5.41) is 9.16. The van der Waals surface area contributed by atoms with E-state index < -0.39 is 24.0 Å². The van der Waals surface area contributed by atoms with E-state index in [-0.39, 0.29) is 12.2 Å². The highest BCUT2D eigenvalue weighted by Crippen LogP contribution is 2.11. The minimum Gasteiger partial charge on any atom is -0.508 e. The van der Waals surface area contributed by atoms with E-state index in [0.717, 1.165) is 5.56 Å². The Labute approximate surface area is 123 Å². The summed E-state index contributed by atoms with van der Waals surface area (Å²) in [5.41, 5.74) is 17.3. The molecule has 0 aromatic heterocycles. The van der Waals surface area contributed by atoms with Crippen LogP contribution in [0.15, 0.2) is 24.3 Å². The largest absolute Gasteiger partial charge is 0.508 e. The molecule has 0 saturated heterocycles. The molecular weight excluding hydrogens is 274 g/mol. The smallest absolute Gasteiger partial charge is 0.330 e. The van der Waals surface area contributed by atoms with Crippen molar-refractivity contribution < 1.29 is 19.4 Å². The number of benzene rings is 1. The lowest BCUT2D eigenvalue weighted by molar-refractivity contribution is -0.161. The van der Waals surface area contributed by atoms with Gasteiger partial charge < -0.3 is 27.0 Å². The number of rotatable bonds is 7. The van der Waals surface area contributed by atoms with Gasteiger partial charge in [-0.25, -0.2) is 9.59 Å². The maximum atomic E-state index is 11.7. The Kier molecular flexibility index (Phi) is 6.80. The normalized spacial score (nSPS) is 13.5. The van der Waals surface area contributed by atoms with Gasteiger partial charge in [0.15, 0.2) is 0 Å². The molecule has 0 spiro atoms. The first kappa shape index (κ1) is 17.1. The van der Waals surface area contributed by atoms with Crippen LogP contribution in [0, 0.1) is 0 Å². The lowest BCUT2D eigenvalue weighted by atomic mass is 10.1. The second-order valence-electron chi connectivity index (χ2n) is 4.75. The SMILES string of the molecule is NCCC[C@@H](N)C(=O)OC(=O)[C@@H](N)Cc1ccc(O)cc1. The van der Waals surface area contributed by atoms with Gasteiger partial charge in [-0.3, -0.25) is 0 Å². The molecule has 0 aliphatic heterocycles. The summed E-state index contributed by atoms with van der Waals surface area (Å²) >= 11 is 0. The van der Waals surface area contributed by atoms with Crippen LogP contribution in [-0.2, 0) is 20.7 Å². The minimum atomic E-state index is -0.972. The molecule has 7 heteroatoms. The van der Waals surface area contributed by atoms with E-state index >= 15 is 0 Å². The summed E-state index contributed by atoms with van der Waals surface area (Å²) in [6, 6.07) is 4.40. The van der Waals surface area contributed by atoms with E-state index in [1.807, 2.05) is 0 Å². The fourth-order valence-corrected chi connectivity index (χ4v) is 1.68. The van der Waals surface area contributed by atoms with Crippen molar-refractivity contribution in [3.8, 4) is 5.75 Å². The van der Waals surface area contributed by atoms with Gasteiger partial charge in [-0.1, -0.05) is 12.1 Å². The average Bonchev–Trinajstić information content (AvgIpc) is 2.46. The Balaban J connectivity index is 2.47. The van der Waals surface area contributed by atoms with Crippen LogP contribution in [0.4, 0.5) is 0 Å². The van der Waals surface area contributed by atoms with Crippen molar-refractivity contribution in [1.82, 2.24) is 0 Å². The van der Waals surface area contributed by atoms with Crippen molar-refractivity contribution in [2.45, 2.75) is 31.3 Å².